The maximum Gasteiger partial charge on any atom is 0.235 e. The number of pyridine rings is 1. The van der Waals surface area contributed by atoms with Gasteiger partial charge in [0.05, 0.1) is 16.7 Å². The van der Waals surface area contributed by atoms with E-state index in [4.69, 9.17) is 16.6 Å². The minimum atomic E-state index is -0.681. The van der Waals surface area contributed by atoms with Crippen LogP contribution in [-0.2, 0) is 11.2 Å². The summed E-state index contributed by atoms with van der Waals surface area (Å²) in [5.74, 6) is 0.113. The van der Waals surface area contributed by atoms with Gasteiger partial charge in [0.25, 0.3) is 0 Å². The Labute approximate surface area is 205 Å². The standard InChI is InChI=1S/C21H21N5OS.C4H11NO/c1-2-15-16(12-22)20(26-10-6-7-11-26)25-21(17(15)13-23)28-18(19(24)27)14-8-4-3-5-9-14;1-4(2,6)3-5/h3-5,8-9,18H,2,6-7,10-11H2,1H3,(H2,24,27);6H,3,5H2,1-2H3. The number of benzene rings is 1. The van der Waals surface area contributed by atoms with Crippen molar-refractivity contribution >= 4 is 23.5 Å². The van der Waals surface area contributed by atoms with E-state index in [0.717, 1.165) is 31.5 Å². The fraction of sp³-hybridized carbons (Fsp3) is 0.440. The number of nitriles is 2. The topological polar surface area (TPSA) is 153 Å². The fourth-order valence-electron chi connectivity index (χ4n) is 3.46. The van der Waals surface area contributed by atoms with Crippen molar-refractivity contribution in [2.75, 3.05) is 24.5 Å². The van der Waals surface area contributed by atoms with Crippen molar-refractivity contribution in [3.05, 3.63) is 52.6 Å². The van der Waals surface area contributed by atoms with Gasteiger partial charge in [-0.15, -0.1) is 0 Å². The lowest BCUT2D eigenvalue weighted by atomic mass is 10.0. The lowest BCUT2D eigenvalue weighted by Crippen LogP contribution is -2.29. The molecule has 1 fully saturated rings. The van der Waals surface area contributed by atoms with E-state index in [9.17, 15) is 15.3 Å². The molecule has 1 aliphatic heterocycles. The number of rotatable bonds is 7. The smallest absolute Gasteiger partial charge is 0.235 e. The second-order valence-electron chi connectivity index (χ2n) is 8.57. The Hall–Kier alpha value is -3.11. The molecule has 1 unspecified atom stereocenters. The molecule has 0 spiro atoms. The zero-order valence-corrected chi connectivity index (χ0v) is 20.7. The normalized spacial score (nSPS) is 13.9. The first-order valence-electron chi connectivity index (χ1n) is 11.2. The van der Waals surface area contributed by atoms with Crippen LogP contribution in [0, 0.1) is 22.7 Å². The third-order valence-electron chi connectivity index (χ3n) is 5.32. The van der Waals surface area contributed by atoms with Crippen molar-refractivity contribution in [1.29, 1.82) is 10.5 Å². The summed E-state index contributed by atoms with van der Waals surface area (Å²) in [6.07, 6.45) is 2.63. The van der Waals surface area contributed by atoms with Crippen molar-refractivity contribution in [3.63, 3.8) is 0 Å². The molecule has 2 aromatic rings. The predicted octanol–water partition coefficient (Wildman–Crippen LogP) is 3.02. The number of hydrogen-bond acceptors (Lipinski definition) is 8. The van der Waals surface area contributed by atoms with E-state index < -0.39 is 16.8 Å². The molecule has 0 radical (unpaired) electrons. The van der Waals surface area contributed by atoms with Gasteiger partial charge in [-0.2, -0.15) is 10.5 Å². The number of aliphatic hydroxyl groups is 1. The number of hydrogen-bond donors (Lipinski definition) is 3. The van der Waals surface area contributed by atoms with E-state index in [1.165, 1.54) is 11.8 Å². The van der Waals surface area contributed by atoms with E-state index in [1.54, 1.807) is 13.8 Å². The van der Waals surface area contributed by atoms with E-state index in [1.807, 2.05) is 37.3 Å². The molecule has 0 bridgehead atoms. The maximum atomic E-state index is 12.2. The SMILES string of the molecule is CC(C)(O)CN.CCc1c(C#N)c(SC(C(N)=O)c2ccccc2)nc(N2CCCC2)c1C#N. The van der Waals surface area contributed by atoms with Crippen molar-refractivity contribution < 1.29 is 9.90 Å². The van der Waals surface area contributed by atoms with Crippen molar-refractivity contribution in [2.45, 2.75) is 55.9 Å². The Kier molecular flexibility index (Phi) is 9.88. The summed E-state index contributed by atoms with van der Waals surface area (Å²) in [5.41, 5.74) is 12.3. The van der Waals surface area contributed by atoms with Crippen molar-refractivity contribution in [1.82, 2.24) is 4.98 Å². The quantitative estimate of drug-likeness (QED) is 0.511. The molecule has 9 heteroatoms. The summed E-state index contributed by atoms with van der Waals surface area (Å²) in [6, 6.07) is 13.7. The van der Waals surface area contributed by atoms with Gasteiger partial charge in [0, 0.05) is 19.6 Å². The summed E-state index contributed by atoms with van der Waals surface area (Å²) >= 11 is 1.18. The van der Waals surface area contributed by atoms with Gasteiger partial charge in [0.2, 0.25) is 5.91 Å². The number of nitrogens with zero attached hydrogens (tertiary/aromatic N) is 4. The largest absolute Gasteiger partial charge is 0.389 e. The minimum Gasteiger partial charge on any atom is -0.389 e. The van der Waals surface area contributed by atoms with Gasteiger partial charge in [0.15, 0.2) is 0 Å². The molecule has 1 saturated heterocycles. The van der Waals surface area contributed by atoms with Crippen LogP contribution in [0.5, 0.6) is 0 Å². The monoisotopic (exact) mass is 480 g/mol. The Bertz CT molecular complexity index is 1060. The van der Waals surface area contributed by atoms with E-state index in [0.29, 0.717) is 40.5 Å². The lowest BCUT2D eigenvalue weighted by molar-refractivity contribution is -0.117. The minimum absolute atomic E-state index is 0.326. The number of primary amides is 1. The van der Waals surface area contributed by atoms with E-state index >= 15 is 0 Å². The number of anilines is 1. The van der Waals surface area contributed by atoms with Gasteiger partial charge in [-0.3, -0.25) is 4.79 Å². The first-order valence-corrected chi connectivity index (χ1v) is 12.1. The van der Waals surface area contributed by atoms with Gasteiger partial charge in [0.1, 0.15) is 28.2 Å². The van der Waals surface area contributed by atoms with Crippen LogP contribution in [0.25, 0.3) is 0 Å². The molecule has 8 nitrogen and oxygen atoms in total. The number of carbonyl (C=O) groups is 1. The molecular formula is C25H32N6O2S. The third kappa shape index (κ3) is 6.94. The number of amides is 1. The Morgan fingerprint density at radius 3 is 2.21 bits per heavy atom. The molecule has 2 heterocycles. The van der Waals surface area contributed by atoms with Gasteiger partial charge in [-0.25, -0.2) is 4.98 Å². The number of thioether (sulfide) groups is 1. The Morgan fingerprint density at radius 1 is 1.21 bits per heavy atom. The van der Waals surface area contributed by atoms with Crippen LogP contribution in [0.4, 0.5) is 5.82 Å². The summed E-state index contributed by atoms with van der Waals surface area (Å²) in [5, 5.41) is 28.0. The van der Waals surface area contributed by atoms with E-state index in [2.05, 4.69) is 22.0 Å². The van der Waals surface area contributed by atoms with Crippen LogP contribution in [0.3, 0.4) is 0 Å². The first-order chi connectivity index (χ1) is 16.2. The molecule has 0 aliphatic carbocycles. The second-order valence-corrected chi connectivity index (χ2v) is 9.66. The molecule has 0 saturated carbocycles. The van der Waals surface area contributed by atoms with Gasteiger partial charge in [-0.1, -0.05) is 49.0 Å². The Morgan fingerprint density at radius 2 is 1.76 bits per heavy atom. The number of aromatic nitrogens is 1. The summed E-state index contributed by atoms with van der Waals surface area (Å²) in [6.45, 7) is 7.26. The van der Waals surface area contributed by atoms with Crippen LogP contribution in [0.2, 0.25) is 0 Å². The van der Waals surface area contributed by atoms with Crippen LogP contribution >= 0.6 is 11.8 Å². The predicted molar refractivity (Wildman–Crippen MR) is 134 cm³/mol. The molecular weight excluding hydrogens is 448 g/mol. The molecule has 1 aliphatic rings. The number of nitrogens with two attached hydrogens (primary N) is 2. The zero-order chi connectivity index (χ0) is 25.3. The van der Waals surface area contributed by atoms with Gasteiger partial charge >= 0.3 is 0 Å². The highest BCUT2D eigenvalue weighted by Crippen LogP contribution is 2.39. The highest BCUT2D eigenvalue weighted by Gasteiger charge is 2.28. The Balaban J connectivity index is 0.000000604. The first kappa shape index (κ1) is 27.1. The van der Waals surface area contributed by atoms with Crippen LogP contribution < -0.4 is 16.4 Å². The zero-order valence-electron chi connectivity index (χ0n) is 19.9. The number of carbonyl (C=O) groups excluding carboxylic acids is 1. The average Bonchev–Trinajstić information content (AvgIpc) is 3.36. The highest BCUT2D eigenvalue weighted by molar-refractivity contribution is 8.00. The molecule has 3 rings (SSSR count). The maximum absolute atomic E-state index is 12.2. The molecule has 5 N–H and O–H groups in total. The van der Waals surface area contributed by atoms with Gasteiger partial charge < -0.3 is 21.5 Å². The summed E-state index contributed by atoms with van der Waals surface area (Å²) in [4.78, 5) is 18.9. The molecule has 1 atom stereocenters. The van der Waals surface area contributed by atoms with Crippen LogP contribution in [0.1, 0.15) is 61.1 Å². The fourth-order valence-corrected chi connectivity index (χ4v) is 4.51. The van der Waals surface area contributed by atoms with Crippen LogP contribution in [-0.4, -0.2) is 41.2 Å². The van der Waals surface area contributed by atoms with E-state index in [-0.39, 0.29) is 0 Å². The molecule has 34 heavy (non-hydrogen) atoms. The second kappa shape index (κ2) is 12.4. The highest BCUT2D eigenvalue weighted by atomic mass is 32.2. The lowest BCUT2D eigenvalue weighted by Gasteiger charge is -2.22. The van der Waals surface area contributed by atoms with Crippen LogP contribution in [0.15, 0.2) is 35.4 Å². The molecule has 1 aromatic carbocycles. The summed E-state index contributed by atoms with van der Waals surface area (Å²) in [7, 11) is 0. The molecule has 1 aromatic heterocycles. The summed E-state index contributed by atoms with van der Waals surface area (Å²) < 4.78 is 0. The molecule has 180 valence electrons. The van der Waals surface area contributed by atoms with Crippen molar-refractivity contribution in [3.8, 4) is 12.1 Å². The van der Waals surface area contributed by atoms with Gasteiger partial charge in [-0.05, 0) is 44.2 Å². The third-order valence-corrected chi connectivity index (χ3v) is 6.58. The molecule has 1 amide bonds. The van der Waals surface area contributed by atoms with Crippen molar-refractivity contribution in [2.24, 2.45) is 11.5 Å². The average molecular weight is 481 g/mol.